The first-order valence-corrected chi connectivity index (χ1v) is 4.68. The average molecular weight is 205 g/mol. The summed E-state index contributed by atoms with van der Waals surface area (Å²) < 4.78 is 0. The van der Waals surface area contributed by atoms with Crippen molar-refractivity contribution in [2.75, 3.05) is 25.5 Å². The molecule has 1 amide bonds. The highest BCUT2D eigenvalue weighted by Crippen LogP contribution is 2.13. The maximum Gasteiger partial charge on any atom is 0.255 e. The fourth-order valence-corrected chi connectivity index (χ4v) is 1.19. The second kappa shape index (κ2) is 5.14. The molecule has 0 aliphatic rings. The van der Waals surface area contributed by atoms with Crippen LogP contribution < -0.4 is 10.2 Å². The molecule has 1 rings (SSSR count). The minimum Gasteiger partial charge on any atom is -0.362 e. The number of hydrogen-bond donors (Lipinski definition) is 1. The Morgan fingerprint density at radius 3 is 3.00 bits per heavy atom. The summed E-state index contributed by atoms with van der Waals surface area (Å²) in [6, 6.07) is 3.50. The van der Waals surface area contributed by atoms with Gasteiger partial charge in [-0.05, 0) is 12.1 Å². The van der Waals surface area contributed by atoms with Crippen LogP contribution in [0.15, 0.2) is 31.0 Å². The molecule has 0 radical (unpaired) electrons. The molecular weight excluding hydrogens is 190 g/mol. The predicted molar refractivity (Wildman–Crippen MR) is 61.1 cm³/mol. The SMILES string of the molecule is C=CCNC(=O)c1cccnc1N(C)C. The minimum atomic E-state index is -0.133. The van der Waals surface area contributed by atoms with Gasteiger partial charge in [-0.15, -0.1) is 6.58 Å². The van der Waals surface area contributed by atoms with E-state index in [0.717, 1.165) is 0 Å². The van der Waals surface area contributed by atoms with Crippen LogP contribution in [0.3, 0.4) is 0 Å². The number of aromatic nitrogens is 1. The number of nitrogens with one attached hydrogen (secondary N) is 1. The van der Waals surface area contributed by atoms with E-state index in [0.29, 0.717) is 17.9 Å². The zero-order chi connectivity index (χ0) is 11.3. The third kappa shape index (κ3) is 2.80. The zero-order valence-electron chi connectivity index (χ0n) is 9.03. The second-order valence-corrected chi connectivity index (χ2v) is 3.27. The fourth-order valence-electron chi connectivity index (χ4n) is 1.19. The lowest BCUT2D eigenvalue weighted by Gasteiger charge is -2.14. The number of anilines is 1. The lowest BCUT2D eigenvalue weighted by atomic mass is 10.2. The van der Waals surface area contributed by atoms with E-state index in [9.17, 15) is 4.79 Å². The molecule has 0 aliphatic heterocycles. The molecule has 0 saturated carbocycles. The normalized spacial score (nSPS) is 9.47. The van der Waals surface area contributed by atoms with Crippen molar-refractivity contribution in [2.45, 2.75) is 0 Å². The molecule has 1 heterocycles. The molecule has 0 bridgehead atoms. The Morgan fingerprint density at radius 1 is 1.67 bits per heavy atom. The molecule has 0 spiro atoms. The number of nitrogens with zero attached hydrogens (tertiary/aromatic N) is 2. The molecule has 1 aromatic heterocycles. The van der Waals surface area contributed by atoms with Gasteiger partial charge in [-0.2, -0.15) is 0 Å². The van der Waals surface area contributed by atoms with Crippen LogP contribution >= 0.6 is 0 Å². The molecule has 15 heavy (non-hydrogen) atoms. The Labute approximate surface area is 89.6 Å². The third-order valence-electron chi connectivity index (χ3n) is 1.86. The molecule has 0 unspecified atom stereocenters. The van der Waals surface area contributed by atoms with Crippen LogP contribution in [0.5, 0.6) is 0 Å². The monoisotopic (exact) mass is 205 g/mol. The topological polar surface area (TPSA) is 45.2 Å². The maximum absolute atomic E-state index is 11.7. The van der Waals surface area contributed by atoms with E-state index < -0.39 is 0 Å². The summed E-state index contributed by atoms with van der Waals surface area (Å²) in [6.45, 7) is 4.00. The van der Waals surface area contributed by atoms with Crippen LogP contribution in [0, 0.1) is 0 Å². The predicted octanol–water partition coefficient (Wildman–Crippen LogP) is 1.06. The van der Waals surface area contributed by atoms with E-state index in [1.54, 1.807) is 24.4 Å². The molecule has 0 fully saturated rings. The van der Waals surface area contributed by atoms with Crippen LogP contribution in [0.2, 0.25) is 0 Å². The van der Waals surface area contributed by atoms with Crippen LogP contribution in [0.4, 0.5) is 5.82 Å². The van der Waals surface area contributed by atoms with Crippen molar-refractivity contribution in [1.82, 2.24) is 10.3 Å². The van der Waals surface area contributed by atoms with E-state index in [1.807, 2.05) is 19.0 Å². The van der Waals surface area contributed by atoms with Crippen LogP contribution in [0.25, 0.3) is 0 Å². The molecular formula is C11H15N3O. The van der Waals surface area contributed by atoms with Crippen LogP contribution in [-0.2, 0) is 0 Å². The molecule has 1 aromatic rings. The highest BCUT2D eigenvalue weighted by Gasteiger charge is 2.12. The summed E-state index contributed by atoms with van der Waals surface area (Å²) in [5.41, 5.74) is 0.573. The summed E-state index contributed by atoms with van der Waals surface area (Å²) in [6.07, 6.45) is 3.31. The van der Waals surface area contributed by atoms with E-state index in [2.05, 4.69) is 16.9 Å². The highest BCUT2D eigenvalue weighted by atomic mass is 16.1. The van der Waals surface area contributed by atoms with Gasteiger partial charge in [-0.3, -0.25) is 4.79 Å². The number of amides is 1. The van der Waals surface area contributed by atoms with Gasteiger partial charge in [0.2, 0.25) is 0 Å². The van der Waals surface area contributed by atoms with Gasteiger partial charge >= 0.3 is 0 Å². The Hall–Kier alpha value is -1.84. The minimum absolute atomic E-state index is 0.133. The Kier molecular flexibility index (Phi) is 3.85. The Morgan fingerprint density at radius 2 is 2.40 bits per heavy atom. The summed E-state index contributed by atoms with van der Waals surface area (Å²) >= 11 is 0. The van der Waals surface area contributed by atoms with E-state index in [4.69, 9.17) is 0 Å². The average Bonchev–Trinajstić information content (AvgIpc) is 2.25. The number of hydrogen-bond acceptors (Lipinski definition) is 3. The van der Waals surface area contributed by atoms with Gasteiger partial charge in [0.15, 0.2) is 0 Å². The van der Waals surface area contributed by atoms with E-state index in [1.165, 1.54) is 0 Å². The molecule has 0 saturated heterocycles. The first kappa shape index (κ1) is 11.2. The molecule has 0 aromatic carbocycles. The Bertz CT molecular complexity index is 361. The van der Waals surface area contributed by atoms with Gasteiger partial charge in [0, 0.05) is 26.8 Å². The molecule has 0 aliphatic carbocycles. The van der Waals surface area contributed by atoms with Crippen molar-refractivity contribution < 1.29 is 4.79 Å². The Balaban J connectivity index is 2.92. The number of carbonyl (C=O) groups excluding carboxylic acids is 1. The molecule has 4 heteroatoms. The molecule has 80 valence electrons. The van der Waals surface area contributed by atoms with Gasteiger partial charge < -0.3 is 10.2 Å². The molecule has 1 N–H and O–H groups in total. The first-order valence-electron chi connectivity index (χ1n) is 4.68. The lowest BCUT2D eigenvalue weighted by Crippen LogP contribution is -2.26. The van der Waals surface area contributed by atoms with Gasteiger partial charge in [-0.25, -0.2) is 4.98 Å². The summed E-state index contributed by atoms with van der Waals surface area (Å²) in [4.78, 5) is 17.7. The molecule has 4 nitrogen and oxygen atoms in total. The highest BCUT2D eigenvalue weighted by molar-refractivity contribution is 5.98. The lowest BCUT2D eigenvalue weighted by molar-refractivity contribution is 0.0958. The van der Waals surface area contributed by atoms with Crippen molar-refractivity contribution in [3.8, 4) is 0 Å². The van der Waals surface area contributed by atoms with Gasteiger partial charge in [0.25, 0.3) is 5.91 Å². The first-order chi connectivity index (χ1) is 7.16. The zero-order valence-corrected chi connectivity index (χ0v) is 9.03. The summed E-state index contributed by atoms with van der Waals surface area (Å²) in [5.74, 6) is 0.533. The van der Waals surface area contributed by atoms with Crippen molar-refractivity contribution in [3.05, 3.63) is 36.5 Å². The van der Waals surface area contributed by atoms with Crippen LogP contribution in [-0.4, -0.2) is 31.5 Å². The second-order valence-electron chi connectivity index (χ2n) is 3.27. The quantitative estimate of drug-likeness (QED) is 0.748. The van der Waals surface area contributed by atoms with Gasteiger partial charge in [0.1, 0.15) is 5.82 Å². The largest absolute Gasteiger partial charge is 0.362 e. The van der Waals surface area contributed by atoms with Crippen molar-refractivity contribution in [1.29, 1.82) is 0 Å². The third-order valence-corrected chi connectivity index (χ3v) is 1.86. The summed E-state index contributed by atoms with van der Waals surface area (Å²) in [7, 11) is 3.71. The van der Waals surface area contributed by atoms with Gasteiger partial charge in [-0.1, -0.05) is 6.08 Å². The van der Waals surface area contributed by atoms with E-state index >= 15 is 0 Å². The number of pyridine rings is 1. The molecule has 0 atom stereocenters. The van der Waals surface area contributed by atoms with Crippen molar-refractivity contribution >= 4 is 11.7 Å². The fraction of sp³-hybridized carbons (Fsp3) is 0.273. The smallest absolute Gasteiger partial charge is 0.255 e. The van der Waals surface area contributed by atoms with Crippen molar-refractivity contribution in [3.63, 3.8) is 0 Å². The van der Waals surface area contributed by atoms with E-state index in [-0.39, 0.29) is 5.91 Å². The maximum atomic E-state index is 11.7. The number of carbonyl (C=O) groups is 1. The summed E-state index contributed by atoms with van der Waals surface area (Å²) in [5, 5.41) is 2.72. The number of rotatable bonds is 4. The standard InChI is InChI=1S/C11H15N3O/c1-4-7-13-11(15)9-6-5-8-12-10(9)14(2)3/h4-6,8H,1,7H2,2-3H3,(H,13,15). The van der Waals surface area contributed by atoms with Gasteiger partial charge in [0.05, 0.1) is 5.56 Å². The van der Waals surface area contributed by atoms with Crippen molar-refractivity contribution in [2.24, 2.45) is 0 Å². The van der Waals surface area contributed by atoms with Crippen LogP contribution in [0.1, 0.15) is 10.4 Å².